The molecule has 19 heavy (non-hydrogen) atoms. The average molecular weight is 271 g/mol. The van der Waals surface area contributed by atoms with E-state index in [-0.39, 0.29) is 18.1 Å². The number of fused-ring (bicyclic) bond motifs is 2. The van der Waals surface area contributed by atoms with E-state index in [1.165, 1.54) is 7.11 Å². The van der Waals surface area contributed by atoms with Gasteiger partial charge in [0.2, 0.25) is 12.5 Å². The van der Waals surface area contributed by atoms with E-state index < -0.39 is 6.43 Å². The Hall–Kier alpha value is -1.56. The molecule has 1 aromatic rings. The molecule has 4 nitrogen and oxygen atoms in total. The lowest BCUT2D eigenvalue weighted by atomic mass is 9.92. The van der Waals surface area contributed by atoms with E-state index in [2.05, 4.69) is 4.90 Å². The van der Waals surface area contributed by atoms with Gasteiger partial charge in [-0.15, -0.1) is 0 Å². The Morgan fingerprint density at radius 3 is 2.63 bits per heavy atom. The summed E-state index contributed by atoms with van der Waals surface area (Å²) in [6, 6.07) is 0. The van der Waals surface area contributed by atoms with Crippen molar-refractivity contribution in [2.24, 2.45) is 0 Å². The van der Waals surface area contributed by atoms with Gasteiger partial charge in [0.05, 0.1) is 12.7 Å². The van der Waals surface area contributed by atoms with Crippen molar-refractivity contribution in [3.8, 4) is 17.2 Å². The van der Waals surface area contributed by atoms with Gasteiger partial charge < -0.3 is 19.1 Å². The van der Waals surface area contributed by atoms with Gasteiger partial charge in [-0.05, 0) is 19.0 Å². The zero-order chi connectivity index (χ0) is 13.6. The van der Waals surface area contributed by atoms with Crippen molar-refractivity contribution in [1.29, 1.82) is 0 Å². The molecule has 3 rings (SSSR count). The molecule has 0 saturated heterocycles. The predicted octanol–water partition coefficient (Wildman–Crippen LogP) is 2.35. The average Bonchev–Trinajstić information content (AvgIpc) is 2.83. The molecular weight excluding hydrogens is 256 g/mol. The van der Waals surface area contributed by atoms with Gasteiger partial charge in [-0.25, -0.2) is 8.78 Å². The van der Waals surface area contributed by atoms with Crippen LogP contribution in [0.15, 0.2) is 0 Å². The number of nitrogens with zero attached hydrogens (tertiary/aromatic N) is 1. The number of halogens is 2. The zero-order valence-electron chi connectivity index (χ0n) is 10.8. The minimum Gasteiger partial charge on any atom is -0.492 e. The van der Waals surface area contributed by atoms with Crippen LogP contribution in [0, 0.1) is 0 Å². The molecule has 2 aliphatic heterocycles. The molecule has 6 heteroatoms. The first-order valence-electron chi connectivity index (χ1n) is 6.11. The van der Waals surface area contributed by atoms with Crippen molar-refractivity contribution in [1.82, 2.24) is 4.90 Å². The molecular formula is C13H15F2NO3. The fourth-order valence-electron chi connectivity index (χ4n) is 2.77. The lowest BCUT2D eigenvalue weighted by Crippen LogP contribution is -2.28. The zero-order valence-corrected chi connectivity index (χ0v) is 10.8. The molecule has 0 amide bonds. The van der Waals surface area contributed by atoms with Crippen LogP contribution in [-0.4, -0.2) is 32.4 Å². The van der Waals surface area contributed by atoms with Gasteiger partial charge in [-0.3, -0.25) is 0 Å². The van der Waals surface area contributed by atoms with Crippen molar-refractivity contribution in [2.75, 3.05) is 27.5 Å². The largest absolute Gasteiger partial charge is 0.492 e. The fourth-order valence-corrected chi connectivity index (χ4v) is 2.77. The van der Waals surface area contributed by atoms with E-state index in [0.717, 1.165) is 12.1 Å². The molecule has 0 aliphatic carbocycles. The molecule has 104 valence electrons. The Morgan fingerprint density at radius 2 is 1.95 bits per heavy atom. The number of hydrogen-bond donors (Lipinski definition) is 0. The number of likely N-dealkylation sites (N-methyl/N-ethyl adjacent to an activating group) is 1. The second-order valence-corrected chi connectivity index (χ2v) is 4.76. The van der Waals surface area contributed by atoms with Crippen LogP contribution < -0.4 is 14.2 Å². The lowest BCUT2D eigenvalue weighted by molar-refractivity contribution is 0.138. The van der Waals surface area contributed by atoms with E-state index in [4.69, 9.17) is 14.2 Å². The summed E-state index contributed by atoms with van der Waals surface area (Å²) in [6.45, 7) is 1.29. The summed E-state index contributed by atoms with van der Waals surface area (Å²) < 4.78 is 42.6. The van der Waals surface area contributed by atoms with E-state index in [9.17, 15) is 8.78 Å². The summed E-state index contributed by atoms with van der Waals surface area (Å²) in [7, 11) is 3.48. The van der Waals surface area contributed by atoms with Crippen LogP contribution in [-0.2, 0) is 13.0 Å². The van der Waals surface area contributed by atoms with Crippen LogP contribution >= 0.6 is 0 Å². The van der Waals surface area contributed by atoms with E-state index in [0.29, 0.717) is 30.0 Å². The van der Waals surface area contributed by atoms with E-state index in [1.807, 2.05) is 7.05 Å². The molecule has 1 aromatic carbocycles. The van der Waals surface area contributed by atoms with Gasteiger partial charge in [-0.2, -0.15) is 0 Å². The monoisotopic (exact) mass is 271 g/mol. The molecule has 2 aliphatic rings. The Bertz CT molecular complexity index is 519. The maximum absolute atomic E-state index is 13.4. The van der Waals surface area contributed by atoms with Crippen LogP contribution in [0.3, 0.4) is 0 Å². The molecule has 0 radical (unpaired) electrons. The predicted molar refractivity (Wildman–Crippen MR) is 64.1 cm³/mol. The molecule has 0 saturated carbocycles. The first kappa shape index (κ1) is 12.5. The molecule has 2 heterocycles. The molecule has 0 aromatic heterocycles. The number of ether oxygens (including phenoxy) is 3. The number of hydrogen-bond acceptors (Lipinski definition) is 4. The fraction of sp³-hybridized carbons (Fsp3) is 0.538. The first-order valence-corrected chi connectivity index (χ1v) is 6.11. The second-order valence-electron chi connectivity index (χ2n) is 4.76. The minimum absolute atomic E-state index is 0.0311. The van der Waals surface area contributed by atoms with Crippen molar-refractivity contribution in [3.05, 3.63) is 16.7 Å². The third-order valence-electron chi connectivity index (χ3n) is 3.62. The normalized spacial score (nSPS) is 17.7. The Morgan fingerprint density at radius 1 is 1.21 bits per heavy atom. The van der Waals surface area contributed by atoms with Crippen molar-refractivity contribution < 1.29 is 23.0 Å². The molecule has 0 unspecified atom stereocenters. The lowest BCUT2D eigenvalue weighted by Gasteiger charge is -2.29. The van der Waals surface area contributed by atoms with Crippen LogP contribution in [0.25, 0.3) is 0 Å². The number of methoxy groups -OCH3 is 1. The molecule has 0 spiro atoms. The summed E-state index contributed by atoms with van der Waals surface area (Å²) in [5.41, 5.74) is 1.40. The highest BCUT2D eigenvalue weighted by molar-refractivity contribution is 5.65. The molecule has 0 fully saturated rings. The highest BCUT2D eigenvalue weighted by Crippen LogP contribution is 2.52. The maximum atomic E-state index is 13.4. The number of alkyl halides is 2. The minimum atomic E-state index is -2.57. The molecule has 0 N–H and O–H groups in total. The maximum Gasteiger partial charge on any atom is 0.267 e. The van der Waals surface area contributed by atoms with Gasteiger partial charge >= 0.3 is 0 Å². The summed E-state index contributed by atoms with van der Waals surface area (Å²) in [4.78, 5) is 2.07. The Kier molecular flexibility index (Phi) is 2.97. The topological polar surface area (TPSA) is 30.9 Å². The number of rotatable bonds is 2. The summed E-state index contributed by atoms with van der Waals surface area (Å²) >= 11 is 0. The highest BCUT2D eigenvalue weighted by atomic mass is 19.3. The Balaban J connectivity index is 2.27. The quantitative estimate of drug-likeness (QED) is 0.826. The first-order chi connectivity index (χ1) is 9.13. The van der Waals surface area contributed by atoms with Gasteiger partial charge in [0.25, 0.3) is 6.43 Å². The van der Waals surface area contributed by atoms with Gasteiger partial charge in [0, 0.05) is 18.7 Å². The smallest absolute Gasteiger partial charge is 0.267 e. The third kappa shape index (κ3) is 1.82. The van der Waals surface area contributed by atoms with Crippen molar-refractivity contribution in [3.63, 3.8) is 0 Å². The summed E-state index contributed by atoms with van der Waals surface area (Å²) in [6.07, 6.45) is -2.00. The SMILES string of the molecule is COc1c2c(c(C(F)F)c3c1OCO3)CCN(C)C2. The van der Waals surface area contributed by atoms with E-state index >= 15 is 0 Å². The van der Waals surface area contributed by atoms with Crippen LogP contribution in [0.5, 0.6) is 17.2 Å². The van der Waals surface area contributed by atoms with E-state index in [1.54, 1.807) is 0 Å². The second kappa shape index (κ2) is 4.52. The van der Waals surface area contributed by atoms with Gasteiger partial charge in [0.15, 0.2) is 11.5 Å². The van der Waals surface area contributed by atoms with Crippen molar-refractivity contribution >= 4 is 0 Å². The highest BCUT2D eigenvalue weighted by Gasteiger charge is 2.35. The van der Waals surface area contributed by atoms with Crippen molar-refractivity contribution in [2.45, 2.75) is 19.4 Å². The third-order valence-corrected chi connectivity index (χ3v) is 3.62. The van der Waals surface area contributed by atoms with Gasteiger partial charge in [0.1, 0.15) is 0 Å². The standard InChI is InChI=1S/C13H15F2NO3/c1-16-4-3-7-8(5-16)10(17-2)12-11(18-6-19-12)9(7)13(14)15/h13H,3-6H2,1-2H3. The summed E-state index contributed by atoms with van der Waals surface area (Å²) in [5, 5.41) is 0. The van der Waals surface area contributed by atoms with Crippen LogP contribution in [0.1, 0.15) is 23.1 Å². The van der Waals surface area contributed by atoms with Gasteiger partial charge in [-0.1, -0.05) is 0 Å². The molecule has 0 atom stereocenters. The number of benzene rings is 1. The Labute approximate surface area is 109 Å². The van der Waals surface area contributed by atoms with Crippen LogP contribution in [0.4, 0.5) is 8.78 Å². The summed E-state index contributed by atoms with van der Waals surface area (Å²) in [5.74, 6) is 0.987. The van der Waals surface area contributed by atoms with Crippen LogP contribution in [0.2, 0.25) is 0 Å². The molecule has 0 bridgehead atoms.